The van der Waals surface area contributed by atoms with E-state index in [2.05, 4.69) is 73.0 Å². The van der Waals surface area contributed by atoms with Crippen LogP contribution >= 0.6 is 0 Å². The number of hydrogen-bond acceptors (Lipinski definition) is 2. The molecule has 2 rings (SSSR count). The third kappa shape index (κ3) is 3.73. The number of nitrogens with one attached hydrogen (secondary N) is 1. The molecule has 0 aliphatic carbocycles. The van der Waals surface area contributed by atoms with Crippen molar-refractivity contribution < 1.29 is 0 Å². The van der Waals surface area contributed by atoms with Gasteiger partial charge in [0.15, 0.2) is 0 Å². The van der Waals surface area contributed by atoms with Crippen molar-refractivity contribution in [2.45, 2.75) is 45.1 Å². The number of hydrogen-bond donors (Lipinski definition) is 1. The molecule has 3 nitrogen and oxygen atoms in total. The van der Waals surface area contributed by atoms with Gasteiger partial charge in [-0.3, -0.25) is 0 Å². The van der Waals surface area contributed by atoms with Gasteiger partial charge in [-0.1, -0.05) is 51.1 Å². The zero-order valence-electron chi connectivity index (χ0n) is 13.6. The van der Waals surface area contributed by atoms with Crippen LogP contribution in [0.1, 0.15) is 38.6 Å². The highest BCUT2D eigenvalue weighted by Crippen LogP contribution is 2.29. The minimum atomic E-state index is 0.0996. The predicted octanol–water partition coefficient (Wildman–Crippen LogP) is 3.31. The molecule has 0 aliphatic heterocycles. The highest BCUT2D eigenvalue weighted by atomic mass is 15.0. The van der Waals surface area contributed by atoms with Gasteiger partial charge in [0.25, 0.3) is 0 Å². The molecule has 1 aromatic carbocycles. The number of likely N-dealkylation sites (N-methyl/N-ethyl adjacent to an activating group) is 1. The van der Waals surface area contributed by atoms with Gasteiger partial charge >= 0.3 is 0 Å². The first-order valence-electron chi connectivity index (χ1n) is 7.80. The van der Waals surface area contributed by atoms with Crippen LogP contribution in [0.2, 0.25) is 0 Å². The Morgan fingerprint density at radius 2 is 1.95 bits per heavy atom. The van der Waals surface area contributed by atoms with Crippen molar-refractivity contribution in [1.82, 2.24) is 14.9 Å². The van der Waals surface area contributed by atoms with Crippen LogP contribution in [-0.4, -0.2) is 22.1 Å². The second kappa shape index (κ2) is 6.90. The summed E-state index contributed by atoms with van der Waals surface area (Å²) in [6.07, 6.45) is 5.97. The van der Waals surface area contributed by atoms with E-state index in [0.29, 0.717) is 6.04 Å². The maximum absolute atomic E-state index is 4.44. The summed E-state index contributed by atoms with van der Waals surface area (Å²) in [7, 11) is 2.06. The van der Waals surface area contributed by atoms with E-state index in [9.17, 15) is 0 Å². The van der Waals surface area contributed by atoms with Gasteiger partial charge in [-0.05, 0) is 18.5 Å². The van der Waals surface area contributed by atoms with Crippen LogP contribution in [0.4, 0.5) is 0 Å². The minimum absolute atomic E-state index is 0.0996. The Morgan fingerprint density at radius 1 is 1.24 bits per heavy atom. The molecular weight excluding hydrogens is 258 g/mol. The fraction of sp³-hybridized carbons (Fsp3) is 0.500. The average Bonchev–Trinajstić information content (AvgIpc) is 2.89. The van der Waals surface area contributed by atoms with Gasteiger partial charge in [0.2, 0.25) is 0 Å². The van der Waals surface area contributed by atoms with E-state index < -0.39 is 0 Å². The lowest BCUT2D eigenvalue weighted by atomic mass is 9.76. The molecule has 0 spiro atoms. The summed E-state index contributed by atoms with van der Waals surface area (Å²) in [5.74, 6) is 1.15. The van der Waals surface area contributed by atoms with Crippen molar-refractivity contribution in [3.63, 3.8) is 0 Å². The Morgan fingerprint density at radius 3 is 2.52 bits per heavy atom. The van der Waals surface area contributed by atoms with Crippen molar-refractivity contribution >= 4 is 0 Å². The molecule has 0 bridgehead atoms. The average molecular weight is 285 g/mol. The van der Waals surface area contributed by atoms with Gasteiger partial charge in [-0.15, -0.1) is 0 Å². The number of rotatable bonds is 7. The molecule has 114 valence electrons. The molecule has 1 heterocycles. The van der Waals surface area contributed by atoms with E-state index in [0.717, 1.165) is 25.2 Å². The van der Waals surface area contributed by atoms with E-state index in [4.69, 9.17) is 0 Å². The molecule has 0 saturated heterocycles. The molecule has 1 N–H and O–H groups in total. The summed E-state index contributed by atoms with van der Waals surface area (Å²) in [6.45, 7) is 7.82. The van der Waals surface area contributed by atoms with Crippen LogP contribution in [0, 0.1) is 0 Å². The lowest BCUT2D eigenvalue weighted by Crippen LogP contribution is -2.45. The van der Waals surface area contributed by atoms with Gasteiger partial charge in [0.05, 0.1) is 0 Å². The van der Waals surface area contributed by atoms with E-state index in [1.165, 1.54) is 5.56 Å². The Labute approximate surface area is 128 Å². The first-order valence-corrected chi connectivity index (χ1v) is 7.80. The third-order valence-electron chi connectivity index (χ3n) is 4.42. The smallest absolute Gasteiger partial charge is 0.108 e. The van der Waals surface area contributed by atoms with Crippen LogP contribution in [0.5, 0.6) is 0 Å². The summed E-state index contributed by atoms with van der Waals surface area (Å²) in [5, 5.41) is 3.67. The topological polar surface area (TPSA) is 29.9 Å². The number of aromatic nitrogens is 2. The van der Waals surface area contributed by atoms with Gasteiger partial charge in [-0.2, -0.15) is 0 Å². The number of benzene rings is 1. The Kier molecular flexibility index (Phi) is 5.18. The van der Waals surface area contributed by atoms with Crippen LogP contribution in [0.15, 0.2) is 42.7 Å². The van der Waals surface area contributed by atoms with E-state index in [1.54, 1.807) is 0 Å². The Bertz CT molecular complexity index is 543. The first-order chi connectivity index (χ1) is 10.1. The van der Waals surface area contributed by atoms with Gasteiger partial charge in [-0.25, -0.2) is 4.98 Å². The van der Waals surface area contributed by atoms with Crippen LogP contribution < -0.4 is 5.32 Å². The first kappa shape index (κ1) is 15.8. The summed E-state index contributed by atoms with van der Waals surface area (Å²) in [5.41, 5.74) is 1.48. The molecule has 0 saturated carbocycles. The van der Waals surface area contributed by atoms with E-state index in [-0.39, 0.29) is 5.41 Å². The van der Waals surface area contributed by atoms with Crippen molar-refractivity contribution in [1.29, 1.82) is 0 Å². The Hall–Kier alpha value is -1.61. The van der Waals surface area contributed by atoms with Crippen molar-refractivity contribution in [3.8, 4) is 0 Å². The summed E-state index contributed by atoms with van der Waals surface area (Å²) >= 11 is 0. The molecule has 3 heteroatoms. The van der Waals surface area contributed by atoms with Crippen LogP contribution in [0.3, 0.4) is 0 Å². The molecule has 2 aromatic rings. The molecule has 1 atom stereocenters. The molecule has 0 fully saturated rings. The fourth-order valence-electron chi connectivity index (χ4n) is 2.94. The Balaban J connectivity index is 2.12. The van der Waals surface area contributed by atoms with Crippen LogP contribution in [-0.2, 0) is 18.9 Å². The highest BCUT2D eigenvalue weighted by molar-refractivity contribution is 5.26. The molecule has 1 unspecified atom stereocenters. The van der Waals surface area contributed by atoms with E-state index >= 15 is 0 Å². The molecule has 0 aliphatic rings. The number of aryl methyl sites for hydroxylation is 2. The molecular formula is C18H27N3. The monoisotopic (exact) mass is 285 g/mol. The zero-order chi connectivity index (χ0) is 15.3. The van der Waals surface area contributed by atoms with Crippen molar-refractivity contribution in [2.24, 2.45) is 7.05 Å². The molecule has 21 heavy (non-hydrogen) atoms. The van der Waals surface area contributed by atoms with Crippen LogP contribution in [0.25, 0.3) is 0 Å². The van der Waals surface area contributed by atoms with Crippen molar-refractivity contribution in [3.05, 3.63) is 54.1 Å². The highest BCUT2D eigenvalue weighted by Gasteiger charge is 2.30. The quantitative estimate of drug-likeness (QED) is 0.846. The summed E-state index contributed by atoms with van der Waals surface area (Å²) in [4.78, 5) is 4.44. The SMILES string of the molecule is CCNC(CCc1nccn1C)C(C)(C)c1ccccc1. The normalized spacial score (nSPS) is 13.3. The second-order valence-electron chi connectivity index (χ2n) is 6.19. The number of imidazole rings is 1. The summed E-state index contributed by atoms with van der Waals surface area (Å²) in [6, 6.07) is 11.2. The molecule has 1 aromatic heterocycles. The maximum atomic E-state index is 4.44. The lowest BCUT2D eigenvalue weighted by molar-refractivity contribution is 0.325. The molecule has 0 amide bonds. The van der Waals surface area contributed by atoms with E-state index in [1.807, 2.05) is 12.4 Å². The summed E-state index contributed by atoms with van der Waals surface area (Å²) < 4.78 is 2.11. The lowest BCUT2D eigenvalue weighted by Gasteiger charge is -2.35. The molecule has 0 radical (unpaired) electrons. The van der Waals surface area contributed by atoms with Gasteiger partial charge in [0, 0.05) is 37.3 Å². The van der Waals surface area contributed by atoms with Crippen molar-refractivity contribution in [2.75, 3.05) is 6.54 Å². The standard InChI is InChI=1S/C18H27N3/c1-5-19-16(11-12-17-20-13-14-21(17)4)18(2,3)15-9-7-6-8-10-15/h6-10,13-14,16,19H,5,11-12H2,1-4H3. The number of nitrogens with zero attached hydrogens (tertiary/aromatic N) is 2. The third-order valence-corrected chi connectivity index (χ3v) is 4.42. The predicted molar refractivity (Wildman–Crippen MR) is 88.5 cm³/mol. The zero-order valence-corrected chi connectivity index (χ0v) is 13.6. The van der Waals surface area contributed by atoms with Gasteiger partial charge < -0.3 is 9.88 Å². The fourth-order valence-corrected chi connectivity index (χ4v) is 2.94. The van der Waals surface area contributed by atoms with Gasteiger partial charge in [0.1, 0.15) is 5.82 Å². The second-order valence-corrected chi connectivity index (χ2v) is 6.19. The maximum Gasteiger partial charge on any atom is 0.108 e. The minimum Gasteiger partial charge on any atom is -0.338 e. The largest absolute Gasteiger partial charge is 0.338 e.